The predicted octanol–water partition coefficient (Wildman–Crippen LogP) is 10.0. The summed E-state index contributed by atoms with van der Waals surface area (Å²) >= 11 is 0. The molecule has 4 heteroatoms. The van der Waals surface area contributed by atoms with Gasteiger partial charge in [-0.15, -0.1) is 6.58 Å². The maximum atomic E-state index is 11.9. The fourth-order valence-corrected chi connectivity index (χ4v) is 4.03. The number of hydrogen-bond donors (Lipinski definition) is 1. The fourth-order valence-electron chi connectivity index (χ4n) is 4.03. The zero-order chi connectivity index (χ0) is 31.6. The molecule has 0 saturated heterocycles. The van der Waals surface area contributed by atoms with Crippen LogP contribution in [0.4, 0.5) is 0 Å². The molecule has 0 fully saturated rings. The number of benzene rings is 2. The lowest BCUT2D eigenvalue weighted by Crippen LogP contribution is -2.28. The van der Waals surface area contributed by atoms with Crippen molar-refractivity contribution in [1.82, 2.24) is 0 Å². The van der Waals surface area contributed by atoms with Crippen molar-refractivity contribution in [2.24, 2.45) is 5.41 Å². The highest BCUT2D eigenvalue weighted by molar-refractivity contribution is 5.94. The number of carbonyl (C=O) groups excluding carboxylic acids is 1. The SMILES string of the molecule is C=CC(C)(CCC=C(C)C)C(=Cc1ccccc1)C(=O)O.C=CC(C)(CCC=C(C)C)OC(=O)C=Cc1ccccc1. The highest BCUT2D eigenvalue weighted by atomic mass is 16.6. The summed E-state index contributed by atoms with van der Waals surface area (Å²) in [6.07, 6.45) is 15.8. The molecular weight excluding hydrogens is 520 g/mol. The predicted molar refractivity (Wildman–Crippen MR) is 178 cm³/mol. The summed E-state index contributed by atoms with van der Waals surface area (Å²) in [5.74, 6) is -1.24. The van der Waals surface area contributed by atoms with Gasteiger partial charge in [0.1, 0.15) is 5.60 Å². The van der Waals surface area contributed by atoms with Crippen molar-refractivity contribution in [2.75, 3.05) is 0 Å². The van der Waals surface area contributed by atoms with Crippen LogP contribution in [-0.2, 0) is 14.3 Å². The zero-order valence-corrected chi connectivity index (χ0v) is 26.2. The Balaban J connectivity index is 0.000000420. The lowest BCUT2D eigenvalue weighted by molar-refractivity contribution is -0.147. The lowest BCUT2D eigenvalue weighted by atomic mass is 9.77. The molecule has 0 heterocycles. The fraction of sp³-hybridized carbons (Fsp3) is 0.316. The second-order valence-corrected chi connectivity index (χ2v) is 11.2. The van der Waals surface area contributed by atoms with Crippen LogP contribution in [0.5, 0.6) is 0 Å². The molecule has 0 spiro atoms. The number of allylic oxidation sites excluding steroid dienone is 5. The number of carbonyl (C=O) groups is 2. The van der Waals surface area contributed by atoms with E-state index in [2.05, 4.69) is 39.2 Å². The van der Waals surface area contributed by atoms with Gasteiger partial charge in [0.15, 0.2) is 0 Å². The van der Waals surface area contributed by atoms with Crippen molar-refractivity contribution < 1.29 is 19.4 Å². The van der Waals surface area contributed by atoms with E-state index in [0.29, 0.717) is 5.57 Å². The summed E-state index contributed by atoms with van der Waals surface area (Å²) in [7, 11) is 0. The first-order valence-electron chi connectivity index (χ1n) is 14.3. The number of aliphatic carboxylic acids is 1. The monoisotopic (exact) mass is 568 g/mol. The van der Waals surface area contributed by atoms with Gasteiger partial charge in [-0.25, -0.2) is 9.59 Å². The average Bonchev–Trinajstić information content (AvgIpc) is 2.95. The maximum absolute atomic E-state index is 11.9. The van der Waals surface area contributed by atoms with E-state index in [4.69, 9.17) is 4.74 Å². The minimum atomic E-state index is -0.890. The average molecular weight is 569 g/mol. The number of esters is 1. The van der Waals surface area contributed by atoms with E-state index in [0.717, 1.165) is 36.8 Å². The van der Waals surface area contributed by atoms with Gasteiger partial charge in [0.2, 0.25) is 0 Å². The lowest BCUT2D eigenvalue weighted by Gasteiger charge is -2.26. The third-order valence-electron chi connectivity index (χ3n) is 6.79. The van der Waals surface area contributed by atoms with Gasteiger partial charge in [0.25, 0.3) is 0 Å². The highest BCUT2D eigenvalue weighted by Gasteiger charge is 2.29. The third-order valence-corrected chi connectivity index (χ3v) is 6.79. The number of rotatable bonds is 14. The van der Waals surface area contributed by atoms with Gasteiger partial charge < -0.3 is 9.84 Å². The van der Waals surface area contributed by atoms with Crippen LogP contribution in [0.15, 0.2) is 121 Å². The van der Waals surface area contributed by atoms with Crippen LogP contribution in [0, 0.1) is 5.41 Å². The van der Waals surface area contributed by atoms with Crippen LogP contribution in [0.2, 0.25) is 0 Å². The van der Waals surface area contributed by atoms with Crippen LogP contribution in [0.3, 0.4) is 0 Å². The number of hydrogen-bond acceptors (Lipinski definition) is 3. The number of carboxylic acids is 1. The molecule has 224 valence electrons. The molecule has 0 saturated carbocycles. The molecule has 4 nitrogen and oxygen atoms in total. The summed E-state index contributed by atoms with van der Waals surface area (Å²) in [5, 5.41) is 9.58. The minimum Gasteiger partial charge on any atom is -0.478 e. The Morgan fingerprint density at radius 3 is 1.74 bits per heavy atom. The van der Waals surface area contributed by atoms with Crippen LogP contribution in [-0.4, -0.2) is 22.6 Å². The molecule has 0 aliphatic rings. The van der Waals surface area contributed by atoms with Gasteiger partial charge in [0.05, 0.1) is 0 Å². The Bertz CT molecular complexity index is 1270. The van der Waals surface area contributed by atoms with Gasteiger partial charge >= 0.3 is 11.9 Å². The first-order chi connectivity index (χ1) is 19.8. The van der Waals surface area contributed by atoms with Crippen LogP contribution in [0.25, 0.3) is 12.2 Å². The molecule has 42 heavy (non-hydrogen) atoms. The summed E-state index contributed by atoms with van der Waals surface area (Å²) in [6, 6.07) is 19.2. The molecule has 2 rings (SSSR count). The maximum Gasteiger partial charge on any atom is 0.332 e. The Morgan fingerprint density at radius 1 is 0.786 bits per heavy atom. The summed E-state index contributed by atoms with van der Waals surface area (Å²) in [6.45, 7) is 19.6. The summed E-state index contributed by atoms with van der Waals surface area (Å²) in [5.41, 5.74) is 3.56. The van der Waals surface area contributed by atoms with Crippen LogP contribution >= 0.6 is 0 Å². The standard InChI is InChI=1S/2C19H24O2/c1-5-19(4,15-9-10-16(2)3)21-18(20)14-13-17-11-7-6-8-12-17;1-5-19(4,13-9-10-15(2)3)17(18(20)21)14-16-11-7-6-8-12-16/h5-8,10-14H,1,9,15H2,2-4H3;5-8,10-12,14H,1,9,13H2,2-4H3,(H,20,21). The smallest absolute Gasteiger partial charge is 0.332 e. The van der Waals surface area contributed by atoms with E-state index >= 15 is 0 Å². The summed E-state index contributed by atoms with van der Waals surface area (Å²) < 4.78 is 5.52. The summed E-state index contributed by atoms with van der Waals surface area (Å²) in [4.78, 5) is 23.6. The normalized spacial score (nSPS) is 13.8. The van der Waals surface area contributed by atoms with Gasteiger partial charge in [-0.1, -0.05) is 104 Å². The molecule has 0 aromatic heterocycles. The molecule has 0 radical (unpaired) electrons. The second-order valence-electron chi connectivity index (χ2n) is 11.2. The van der Waals surface area contributed by atoms with Crippen molar-refractivity contribution in [1.29, 1.82) is 0 Å². The molecule has 2 atom stereocenters. The highest BCUT2D eigenvalue weighted by Crippen LogP contribution is 2.35. The zero-order valence-electron chi connectivity index (χ0n) is 26.2. The van der Waals surface area contributed by atoms with E-state index in [1.54, 1.807) is 24.3 Å². The molecular formula is C38H48O4. The van der Waals surface area contributed by atoms with Gasteiger partial charge in [-0.3, -0.25) is 0 Å². The number of carboxylic acid groups (broad SMARTS) is 1. The van der Waals surface area contributed by atoms with E-state index < -0.39 is 17.0 Å². The Morgan fingerprint density at radius 2 is 1.29 bits per heavy atom. The number of ether oxygens (including phenoxy) is 1. The second kappa shape index (κ2) is 18.3. The molecule has 0 amide bonds. The van der Waals surface area contributed by atoms with Crippen molar-refractivity contribution in [3.05, 3.63) is 132 Å². The molecule has 2 unspecified atom stereocenters. The molecule has 2 aromatic rings. The van der Waals surface area contributed by atoms with E-state index in [9.17, 15) is 14.7 Å². The first-order valence-corrected chi connectivity index (χ1v) is 14.3. The Hall–Kier alpha value is -4.18. The molecule has 0 aliphatic heterocycles. The molecule has 0 aliphatic carbocycles. The van der Waals surface area contributed by atoms with Gasteiger partial charge in [0, 0.05) is 17.1 Å². The van der Waals surface area contributed by atoms with Crippen molar-refractivity contribution in [2.45, 2.75) is 72.8 Å². The minimum absolute atomic E-state index is 0.349. The molecule has 1 N–H and O–H groups in total. The largest absolute Gasteiger partial charge is 0.478 e. The molecule has 0 bridgehead atoms. The third kappa shape index (κ3) is 13.9. The Kier molecular flexibility index (Phi) is 15.6. The first kappa shape index (κ1) is 35.8. The van der Waals surface area contributed by atoms with Crippen LogP contribution in [0.1, 0.15) is 78.4 Å². The van der Waals surface area contributed by atoms with E-state index in [-0.39, 0.29) is 5.97 Å². The van der Waals surface area contributed by atoms with E-state index in [1.807, 2.05) is 88.4 Å². The molecule has 2 aromatic carbocycles. The van der Waals surface area contributed by atoms with Gasteiger partial charge in [-0.05, 0) is 89.7 Å². The topological polar surface area (TPSA) is 63.6 Å². The van der Waals surface area contributed by atoms with Gasteiger partial charge in [-0.2, -0.15) is 0 Å². The van der Waals surface area contributed by atoms with E-state index in [1.165, 1.54) is 17.2 Å². The van der Waals surface area contributed by atoms with Crippen molar-refractivity contribution >= 4 is 24.1 Å². The van der Waals surface area contributed by atoms with Crippen LogP contribution < -0.4 is 0 Å². The van der Waals surface area contributed by atoms with Crippen molar-refractivity contribution in [3.63, 3.8) is 0 Å². The Labute approximate surface area is 253 Å². The quantitative estimate of drug-likeness (QED) is 0.140. The van der Waals surface area contributed by atoms with Crippen molar-refractivity contribution in [3.8, 4) is 0 Å².